The number of piperazine rings is 1. The fraction of sp³-hybridized carbons (Fsp3) is 0.273. The maximum absolute atomic E-state index is 11.2. The molecule has 0 atom stereocenters. The smallest absolute Gasteiger partial charge is 0.230 e. The minimum absolute atomic E-state index is 0.120. The number of amides is 1. The molecule has 0 saturated carbocycles. The van der Waals surface area contributed by atoms with Crippen molar-refractivity contribution >= 4 is 52.2 Å². The Balaban J connectivity index is 1.41. The number of carbonyl (C=O) groups is 1. The van der Waals surface area contributed by atoms with Gasteiger partial charge in [-0.1, -0.05) is 11.6 Å². The topological polar surface area (TPSA) is 98.3 Å². The molecular weight excluding hydrogens is 428 g/mol. The molecule has 3 aromatic rings. The van der Waals surface area contributed by atoms with Crippen LogP contribution in [0.5, 0.6) is 0 Å². The normalized spacial score (nSPS) is 14.2. The van der Waals surface area contributed by atoms with Crippen molar-refractivity contribution in [2.45, 2.75) is 6.92 Å². The molecule has 1 aromatic carbocycles. The Morgan fingerprint density at radius 2 is 1.66 bits per heavy atom. The average Bonchev–Trinajstić information content (AvgIpc) is 2.78. The summed E-state index contributed by atoms with van der Waals surface area (Å²) in [5, 5.41) is 9.41. The van der Waals surface area contributed by atoms with Gasteiger partial charge in [-0.05, 0) is 43.4 Å². The standard InChI is InChI=1S/C22H25ClN8O/c1-15(32)26-16-3-5-17(6-4-16)27-21-19(23)14-25-22(29-21)28-20-8-7-18(13-24-20)31-11-9-30(2)10-12-31/h3-8,13-14H,9-12H2,1-2H3,(H,26,32)(H2,24,25,27,28,29). The lowest BCUT2D eigenvalue weighted by Crippen LogP contribution is -2.44. The van der Waals surface area contributed by atoms with E-state index in [0.717, 1.165) is 37.6 Å². The Kier molecular flexibility index (Phi) is 6.67. The van der Waals surface area contributed by atoms with Gasteiger partial charge in [0.1, 0.15) is 10.8 Å². The first-order valence-electron chi connectivity index (χ1n) is 10.3. The number of hydrogen-bond donors (Lipinski definition) is 3. The zero-order chi connectivity index (χ0) is 22.5. The number of nitrogens with zero attached hydrogens (tertiary/aromatic N) is 5. The number of nitrogens with one attached hydrogen (secondary N) is 3. The SMILES string of the molecule is CC(=O)Nc1ccc(Nc2nc(Nc3ccc(N4CCN(C)CC4)cn3)ncc2Cl)cc1. The van der Waals surface area contributed by atoms with Gasteiger partial charge in [0.2, 0.25) is 11.9 Å². The van der Waals surface area contributed by atoms with Gasteiger partial charge in [0, 0.05) is 44.5 Å². The molecular formula is C22H25ClN8O. The van der Waals surface area contributed by atoms with Crippen LogP contribution >= 0.6 is 11.6 Å². The molecule has 1 aliphatic heterocycles. The monoisotopic (exact) mass is 452 g/mol. The van der Waals surface area contributed by atoms with E-state index in [9.17, 15) is 4.79 Å². The summed E-state index contributed by atoms with van der Waals surface area (Å²) >= 11 is 6.27. The number of aromatic nitrogens is 3. The van der Waals surface area contributed by atoms with Crippen LogP contribution in [0.15, 0.2) is 48.8 Å². The van der Waals surface area contributed by atoms with Crippen molar-refractivity contribution in [3.05, 3.63) is 53.8 Å². The molecule has 1 fully saturated rings. The predicted molar refractivity (Wildman–Crippen MR) is 128 cm³/mol. The van der Waals surface area contributed by atoms with Gasteiger partial charge in [-0.2, -0.15) is 4.98 Å². The van der Waals surface area contributed by atoms with E-state index in [-0.39, 0.29) is 5.91 Å². The molecule has 1 saturated heterocycles. The Hall–Kier alpha value is -3.43. The summed E-state index contributed by atoms with van der Waals surface area (Å²) in [4.78, 5) is 29.0. The van der Waals surface area contributed by atoms with Crippen molar-refractivity contribution in [2.75, 3.05) is 54.1 Å². The number of pyridine rings is 1. The van der Waals surface area contributed by atoms with Crippen molar-refractivity contribution in [2.24, 2.45) is 0 Å². The summed E-state index contributed by atoms with van der Waals surface area (Å²) in [6, 6.07) is 11.2. The second-order valence-electron chi connectivity index (χ2n) is 7.59. The maximum Gasteiger partial charge on any atom is 0.230 e. The second-order valence-corrected chi connectivity index (χ2v) is 8.00. The average molecular weight is 453 g/mol. The number of carbonyl (C=O) groups excluding carboxylic acids is 1. The third kappa shape index (κ3) is 5.63. The van der Waals surface area contributed by atoms with Gasteiger partial charge >= 0.3 is 0 Å². The van der Waals surface area contributed by atoms with Gasteiger partial charge in [-0.15, -0.1) is 0 Å². The van der Waals surface area contributed by atoms with Crippen LogP contribution in [0.3, 0.4) is 0 Å². The first kappa shape index (κ1) is 21.8. The summed E-state index contributed by atoms with van der Waals surface area (Å²) in [6.07, 6.45) is 3.39. The lowest BCUT2D eigenvalue weighted by atomic mass is 10.2. The maximum atomic E-state index is 11.2. The molecule has 3 N–H and O–H groups in total. The minimum Gasteiger partial charge on any atom is -0.368 e. The molecule has 1 aliphatic rings. The van der Waals surface area contributed by atoms with E-state index in [1.54, 1.807) is 12.1 Å². The highest BCUT2D eigenvalue weighted by Gasteiger charge is 2.14. The summed E-state index contributed by atoms with van der Waals surface area (Å²) < 4.78 is 0. The third-order valence-corrected chi connectivity index (χ3v) is 5.34. The lowest BCUT2D eigenvalue weighted by molar-refractivity contribution is -0.114. The van der Waals surface area contributed by atoms with Crippen molar-refractivity contribution in [1.82, 2.24) is 19.9 Å². The first-order chi connectivity index (χ1) is 15.5. The number of halogens is 1. The summed E-state index contributed by atoms with van der Waals surface area (Å²) in [5.41, 5.74) is 2.59. The van der Waals surface area contributed by atoms with Gasteiger partial charge in [0.25, 0.3) is 0 Å². The van der Waals surface area contributed by atoms with Gasteiger partial charge in [-0.25, -0.2) is 9.97 Å². The molecule has 9 nitrogen and oxygen atoms in total. The van der Waals surface area contributed by atoms with Crippen molar-refractivity contribution in [3.8, 4) is 0 Å². The quantitative estimate of drug-likeness (QED) is 0.520. The van der Waals surface area contributed by atoms with Crippen LogP contribution in [0.2, 0.25) is 5.02 Å². The molecule has 1 amide bonds. The Morgan fingerprint density at radius 1 is 0.938 bits per heavy atom. The summed E-state index contributed by atoms with van der Waals surface area (Å²) in [5.74, 6) is 1.37. The van der Waals surface area contributed by atoms with Crippen LogP contribution < -0.4 is 20.9 Å². The number of rotatable bonds is 6. The van der Waals surface area contributed by atoms with Crippen molar-refractivity contribution in [3.63, 3.8) is 0 Å². The molecule has 4 rings (SSSR count). The van der Waals surface area contributed by atoms with E-state index in [0.29, 0.717) is 28.3 Å². The molecule has 0 bridgehead atoms. The van der Waals surface area contributed by atoms with Gasteiger partial charge < -0.3 is 25.8 Å². The summed E-state index contributed by atoms with van der Waals surface area (Å²) in [7, 11) is 2.14. The number of hydrogen-bond acceptors (Lipinski definition) is 8. The minimum atomic E-state index is -0.120. The second kappa shape index (κ2) is 9.80. The number of benzene rings is 1. The van der Waals surface area contributed by atoms with E-state index in [4.69, 9.17) is 11.6 Å². The highest BCUT2D eigenvalue weighted by atomic mass is 35.5. The van der Waals surface area contributed by atoms with Gasteiger partial charge in [0.15, 0.2) is 5.82 Å². The van der Waals surface area contributed by atoms with Crippen LogP contribution in [-0.4, -0.2) is 59.0 Å². The molecule has 0 radical (unpaired) electrons. The van der Waals surface area contributed by atoms with Gasteiger partial charge in [0.05, 0.1) is 18.1 Å². The third-order valence-electron chi connectivity index (χ3n) is 5.07. The van der Waals surface area contributed by atoms with E-state index in [2.05, 4.69) is 47.7 Å². The van der Waals surface area contributed by atoms with Crippen LogP contribution in [0.25, 0.3) is 0 Å². The molecule has 2 aromatic heterocycles. The first-order valence-corrected chi connectivity index (χ1v) is 10.7. The van der Waals surface area contributed by atoms with Crippen LogP contribution in [0.1, 0.15) is 6.92 Å². The largest absolute Gasteiger partial charge is 0.368 e. The van der Waals surface area contributed by atoms with E-state index >= 15 is 0 Å². The molecule has 0 spiro atoms. The zero-order valence-electron chi connectivity index (χ0n) is 18.0. The van der Waals surface area contributed by atoms with Crippen LogP contribution in [-0.2, 0) is 4.79 Å². The molecule has 0 aliphatic carbocycles. The Bertz CT molecular complexity index is 1070. The van der Waals surface area contributed by atoms with Crippen LogP contribution in [0.4, 0.5) is 34.6 Å². The van der Waals surface area contributed by atoms with Crippen molar-refractivity contribution in [1.29, 1.82) is 0 Å². The van der Waals surface area contributed by atoms with Crippen LogP contribution in [0, 0.1) is 0 Å². The molecule has 32 heavy (non-hydrogen) atoms. The molecule has 166 valence electrons. The fourth-order valence-corrected chi connectivity index (χ4v) is 3.46. The Labute approximate surface area is 191 Å². The van der Waals surface area contributed by atoms with Crippen molar-refractivity contribution < 1.29 is 4.79 Å². The number of likely N-dealkylation sites (N-methyl/N-ethyl adjacent to an activating group) is 1. The molecule has 10 heteroatoms. The van der Waals surface area contributed by atoms with E-state index < -0.39 is 0 Å². The highest BCUT2D eigenvalue weighted by Crippen LogP contribution is 2.26. The number of anilines is 6. The zero-order valence-corrected chi connectivity index (χ0v) is 18.7. The summed E-state index contributed by atoms with van der Waals surface area (Å²) in [6.45, 7) is 5.54. The highest BCUT2D eigenvalue weighted by molar-refractivity contribution is 6.32. The molecule has 0 unspecified atom stereocenters. The van der Waals surface area contributed by atoms with Gasteiger partial charge in [-0.3, -0.25) is 4.79 Å². The fourth-order valence-electron chi connectivity index (χ4n) is 3.32. The Morgan fingerprint density at radius 3 is 2.31 bits per heavy atom. The van der Waals surface area contributed by atoms with E-state index in [1.807, 2.05) is 30.5 Å². The molecule has 3 heterocycles. The predicted octanol–water partition coefficient (Wildman–Crippen LogP) is 3.72. The van der Waals surface area contributed by atoms with E-state index in [1.165, 1.54) is 13.1 Å². The lowest BCUT2D eigenvalue weighted by Gasteiger charge is -2.33.